The van der Waals surface area contributed by atoms with Crippen molar-refractivity contribution in [2.75, 3.05) is 0 Å². The predicted octanol–water partition coefficient (Wildman–Crippen LogP) is 4.03. The molecule has 0 saturated carbocycles. The highest BCUT2D eigenvalue weighted by Gasteiger charge is 2.12. The quantitative estimate of drug-likeness (QED) is 0.369. The SMILES string of the molecule is C=CCn1c(=S)sc2c(=O)n(Cc3ccc(-n4nc(C)cc4C)cc3)cnc21. The third kappa shape index (κ3) is 3.25. The summed E-state index contributed by atoms with van der Waals surface area (Å²) in [7, 11) is 0. The van der Waals surface area contributed by atoms with E-state index in [1.807, 2.05) is 53.4 Å². The largest absolute Gasteiger partial charge is 0.304 e. The van der Waals surface area contributed by atoms with Gasteiger partial charge in [-0.15, -0.1) is 6.58 Å². The van der Waals surface area contributed by atoms with Gasteiger partial charge < -0.3 is 4.57 Å². The van der Waals surface area contributed by atoms with Crippen LogP contribution in [0.1, 0.15) is 17.0 Å². The van der Waals surface area contributed by atoms with Crippen LogP contribution in [0.3, 0.4) is 0 Å². The first-order chi connectivity index (χ1) is 13.5. The van der Waals surface area contributed by atoms with Crippen molar-refractivity contribution in [2.24, 2.45) is 0 Å². The fourth-order valence-corrected chi connectivity index (χ4v) is 4.52. The number of aryl methyl sites for hydroxylation is 2. The number of rotatable bonds is 5. The molecule has 0 amide bonds. The number of aromatic nitrogens is 5. The van der Waals surface area contributed by atoms with Crippen LogP contribution in [0.2, 0.25) is 0 Å². The summed E-state index contributed by atoms with van der Waals surface area (Å²) in [5.41, 5.74) is 4.62. The van der Waals surface area contributed by atoms with E-state index in [0.717, 1.165) is 22.6 Å². The van der Waals surface area contributed by atoms with Crippen LogP contribution in [-0.2, 0) is 13.1 Å². The van der Waals surface area contributed by atoms with E-state index in [1.165, 1.54) is 11.3 Å². The van der Waals surface area contributed by atoms with Crippen LogP contribution in [0.15, 0.2) is 54.1 Å². The molecule has 0 spiro atoms. The lowest BCUT2D eigenvalue weighted by atomic mass is 10.2. The van der Waals surface area contributed by atoms with Gasteiger partial charge in [-0.25, -0.2) is 9.67 Å². The van der Waals surface area contributed by atoms with Gasteiger partial charge in [0.2, 0.25) is 0 Å². The van der Waals surface area contributed by atoms with Gasteiger partial charge in [0.25, 0.3) is 5.56 Å². The van der Waals surface area contributed by atoms with Crippen LogP contribution in [0, 0.1) is 17.8 Å². The molecule has 3 aromatic heterocycles. The van der Waals surface area contributed by atoms with Gasteiger partial charge in [-0.2, -0.15) is 5.10 Å². The number of allylic oxidation sites excluding steroid dienone is 1. The second kappa shape index (κ2) is 7.29. The second-order valence-corrected chi connectivity index (χ2v) is 8.25. The Hall–Kier alpha value is -2.84. The maximum absolute atomic E-state index is 12.9. The number of hydrogen-bond acceptors (Lipinski definition) is 5. The molecule has 1 aromatic carbocycles. The summed E-state index contributed by atoms with van der Waals surface area (Å²) in [4.78, 5) is 17.3. The van der Waals surface area contributed by atoms with Gasteiger partial charge in [0, 0.05) is 12.2 Å². The topological polar surface area (TPSA) is 57.6 Å². The smallest absolute Gasteiger partial charge is 0.273 e. The van der Waals surface area contributed by atoms with E-state index in [0.29, 0.717) is 27.4 Å². The minimum Gasteiger partial charge on any atom is -0.304 e. The van der Waals surface area contributed by atoms with E-state index in [4.69, 9.17) is 12.2 Å². The standard InChI is InChI=1S/C20H19N5OS2/c1-4-9-24-18-17(28-20(24)27)19(26)23(12-21-18)11-15-5-7-16(8-6-15)25-14(3)10-13(2)22-25/h4-8,10,12H,1,9,11H2,2-3H3. The molecule has 0 atom stereocenters. The molecule has 0 aliphatic heterocycles. The number of fused-ring (bicyclic) bond motifs is 1. The van der Waals surface area contributed by atoms with E-state index in [1.54, 1.807) is 17.0 Å². The van der Waals surface area contributed by atoms with Crippen LogP contribution < -0.4 is 5.56 Å². The maximum atomic E-state index is 12.9. The fourth-order valence-electron chi connectivity index (χ4n) is 3.20. The average Bonchev–Trinajstić information content (AvgIpc) is 3.18. The van der Waals surface area contributed by atoms with E-state index in [-0.39, 0.29) is 5.56 Å². The lowest BCUT2D eigenvalue weighted by molar-refractivity contribution is 0.740. The third-order valence-corrected chi connectivity index (χ3v) is 5.92. The first-order valence-corrected chi connectivity index (χ1v) is 10.0. The van der Waals surface area contributed by atoms with E-state index in [9.17, 15) is 4.79 Å². The van der Waals surface area contributed by atoms with Crippen LogP contribution in [0.25, 0.3) is 16.0 Å². The maximum Gasteiger partial charge on any atom is 0.273 e. The highest BCUT2D eigenvalue weighted by Crippen LogP contribution is 2.18. The Bertz CT molecular complexity index is 1290. The van der Waals surface area contributed by atoms with Crippen molar-refractivity contribution in [3.05, 3.63) is 80.6 Å². The van der Waals surface area contributed by atoms with Crippen molar-refractivity contribution >= 4 is 33.9 Å². The van der Waals surface area contributed by atoms with E-state index < -0.39 is 0 Å². The molecule has 0 aliphatic rings. The van der Waals surface area contributed by atoms with Gasteiger partial charge in [0.05, 0.1) is 17.9 Å². The zero-order valence-corrected chi connectivity index (χ0v) is 17.3. The van der Waals surface area contributed by atoms with E-state index in [2.05, 4.69) is 16.7 Å². The molecule has 0 fully saturated rings. The number of benzene rings is 1. The van der Waals surface area contributed by atoms with Crippen molar-refractivity contribution in [3.8, 4) is 5.69 Å². The monoisotopic (exact) mass is 409 g/mol. The van der Waals surface area contributed by atoms with Crippen molar-refractivity contribution in [3.63, 3.8) is 0 Å². The Morgan fingerprint density at radius 1 is 1.25 bits per heavy atom. The Morgan fingerprint density at radius 2 is 2.00 bits per heavy atom. The summed E-state index contributed by atoms with van der Waals surface area (Å²) < 4.78 is 6.57. The molecule has 142 valence electrons. The molecule has 0 radical (unpaired) electrons. The zero-order chi connectivity index (χ0) is 19.8. The summed E-state index contributed by atoms with van der Waals surface area (Å²) in [5, 5.41) is 4.50. The Kier molecular flexibility index (Phi) is 4.82. The van der Waals surface area contributed by atoms with Crippen molar-refractivity contribution in [1.82, 2.24) is 23.9 Å². The minimum absolute atomic E-state index is 0.0773. The molecule has 0 saturated heterocycles. The first kappa shape index (κ1) is 18.5. The lowest BCUT2D eigenvalue weighted by Crippen LogP contribution is -2.20. The molecule has 3 heterocycles. The molecule has 4 rings (SSSR count). The Labute approximate surface area is 171 Å². The summed E-state index contributed by atoms with van der Waals surface area (Å²) in [5.74, 6) is 0. The first-order valence-electron chi connectivity index (χ1n) is 8.80. The number of hydrogen-bond donors (Lipinski definition) is 0. The highest BCUT2D eigenvalue weighted by molar-refractivity contribution is 7.73. The second-order valence-electron chi connectivity index (χ2n) is 6.60. The summed E-state index contributed by atoms with van der Waals surface area (Å²) >= 11 is 6.66. The number of nitrogens with zero attached hydrogens (tertiary/aromatic N) is 5. The van der Waals surface area contributed by atoms with Gasteiger partial charge >= 0.3 is 0 Å². The molecular weight excluding hydrogens is 390 g/mol. The van der Waals surface area contributed by atoms with Gasteiger partial charge in [0.15, 0.2) is 9.60 Å². The molecule has 6 nitrogen and oxygen atoms in total. The molecule has 28 heavy (non-hydrogen) atoms. The van der Waals surface area contributed by atoms with Gasteiger partial charge in [-0.3, -0.25) is 9.36 Å². The van der Waals surface area contributed by atoms with Gasteiger partial charge in [-0.1, -0.05) is 29.5 Å². The summed E-state index contributed by atoms with van der Waals surface area (Å²) in [6, 6.07) is 10.1. The van der Waals surface area contributed by atoms with Gasteiger partial charge in [-0.05, 0) is 49.8 Å². The van der Waals surface area contributed by atoms with Crippen molar-refractivity contribution in [2.45, 2.75) is 26.9 Å². The lowest BCUT2D eigenvalue weighted by Gasteiger charge is -2.08. The molecular formula is C20H19N5OS2. The number of thiazole rings is 1. The Morgan fingerprint density at radius 3 is 2.64 bits per heavy atom. The van der Waals surface area contributed by atoms with E-state index >= 15 is 0 Å². The zero-order valence-electron chi connectivity index (χ0n) is 15.6. The molecule has 0 unspecified atom stereocenters. The minimum atomic E-state index is -0.0773. The highest BCUT2D eigenvalue weighted by atomic mass is 32.1. The molecule has 0 N–H and O–H groups in total. The van der Waals surface area contributed by atoms with Crippen molar-refractivity contribution in [1.29, 1.82) is 0 Å². The predicted molar refractivity (Wildman–Crippen MR) is 115 cm³/mol. The molecule has 8 heteroatoms. The summed E-state index contributed by atoms with van der Waals surface area (Å²) in [6.45, 7) is 8.74. The fraction of sp³-hybridized carbons (Fsp3) is 0.200. The molecule has 0 bridgehead atoms. The van der Waals surface area contributed by atoms with Crippen molar-refractivity contribution < 1.29 is 0 Å². The summed E-state index contributed by atoms with van der Waals surface area (Å²) in [6.07, 6.45) is 3.33. The normalized spacial score (nSPS) is 11.2. The molecule has 0 aliphatic carbocycles. The van der Waals surface area contributed by atoms with Crippen LogP contribution in [0.4, 0.5) is 0 Å². The van der Waals surface area contributed by atoms with Crippen LogP contribution >= 0.6 is 23.6 Å². The Balaban J connectivity index is 1.66. The van der Waals surface area contributed by atoms with Crippen LogP contribution in [0.5, 0.6) is 0 Å². The molecule has 4 aromatic rings. The third-order valence-electron chi connectivity index (χ3n) is 4.50. The van der Waals surface area contributed by atoms with Crippen LogP contribution in [-0.4, -0.2) is 23.9 Å². The van der Waals surface area contributed by atoms with Gasteiger partial charge in [0.1, 0.15) is 11.0 Å². The average molecular weight is 410 g/mol.